The van der Waals surface area contributed by atoms with E-state index < -0.39 is 0 Å². The van der Waals surface area contributed by atoms with Gasteiger partial charge in [-0.3, -0.25) is 4.79 Å². The molecule has 1 aromatic carbocycles. The molecule has 1 unspecified atom stereocenters. The standard InChI is InChI=1S/C14H20BrNO/c1-10(2)8-14(17)16-13-6-4-12(5-7-13)9-11(3)15/h4-7,10-11H,8-9H2,1-3H3,(H,16,17). The minimum Gasteiger partial charge on any atom is -0.326 e. The summed E-state index contributed by atoms with van der Waals surface area (Å²) in [6.07, 6.45) is 1.57. The summed E-state index contributed by atoms with van der Waals surface area (Å²) < 4.78 is 0. The van der Waals surface area contributed by atoms with Crippen LogP contribution in [0.5, 0.6) is 0 Å². The molecule has 94 valence electrons. The van der Waals surface area contributed by atoms with Crippen molar-refractivity contribution in [1.29, 1.82) is 0 Å². The third kappa shape index (κ3) is 5.87. The highest BCUT2D eigenvalue weighted by molar-refractivity contribution is 9.09. The van der Waals surface area contributed by atoms with E-state index >= 15 is 0 Å². The molecular formula is C14H20BrNO. The molecule has 1 amide bonds. The van der Waals surface area contributed by atoms with Crippen LogP contribution in [0.2, 0.25) is 0 Å². The van der Waals surface area contributed by atoms with Crippen molar-refractivity contribution in [2.24, 2.45) is 5.92 Å². The second-order valence-corrected chi connectivity index (χ2v) is 6.39. The van der Waals surface area contributed by atoms with Crippen molar-refractivity contribution >= 4 is 27.5 Å². The van der Waals surface area contributed by atoms with E-state index in [1.54, 1.807) is 0 Å². The highest BCUT2D eigenvalue weighted by atomic mass is 79.9. The number of benzene rings is 1. The van der Waals surface area contributed by atoms with E-state index in [0.29, 0.717) is 17.2 Å². The van der Waals surface area contributed by atoms with Gasteiger partial charge in [0, 0.05) is 16.9 Å². The largest absolute Gasteiger partial charge is 0.326 e. The summed E-state index contributed by atoms with van der Waals surface area (Å²) in [6, 6.07) is 8.04. The Bertz CT molecular complexity index is 357. The van der Waals surface area contributed by atoms with Gasteiger partial charge in [0.05, 0.1) is 0 Å². The summed E-state index contributed by atoms with van der Waals surface area (Å²) in [6.45, 7) is 6.21. The van der Waals surface area contributed by atoms with Crippen molar-refractivity contribution in [2.45, 2.75) is 38.4 Å². The van der Waals surface area contributed by atoms with Crippen LogP contribution >= 0.6 is 15.9 Å². The number of amides is 1. The van der Waals surface area contributed by atoms with E-state index in [0.717, 1.165) is 12.1 Å². The van der Waals surface area contributed by atoms with Gasteiger partial charge < -0.3 is 5.32 Å². The highest BCUT2D eigenvalue weighted by Crippen LogP contribution is 2.14. The average Bonchev–Trinajstić information content (AvgIpc) is 2.18. The van der Waals surface area contributed by atoms with Crippen molar-refractivity contribution in [1.82, 2.24) is 0 Å². The minimum atomic E-state index is 0.0848. The van der Waals surface area contributed by atoms with Gasteiger partial charge in [-0.25, -0.2) is 0 Å². The zero-order valence-corrected chi connectivity index (χ0v) is 12.3. The molecule has 0 bridgehead atoms. The van der Waals surface area contributed by atoms with E-state index in [1.165, 1.54) is 5.56 Å². The van der Waals surface area contributed by atoms with Gasteiger partial charge in [0.25, 0.3) is 0 Å². The number of carbonyl (C=O) groups is 1. The van der Waals surface area contributed by atoms with Crippen molar-refractivity contribution in [3.8, 4) is 0 Å². The number of rotatable bonds is 5. The van der Waals surface area contributed by atoms with Gasteiger partial charge in [-0.15, -0.1) is 0 Å². The summed E-state index contributed by atoms with van der Waals surface area (Å²) in [5.74, 6) is 0.477. The smallest absolute Gasteiger partial charge is 0.224 e. The first kappa shape index (κ1) is 14.2. The number of hydrogen-bond donors (Lipinski definition) is 1. The fourth-order valence-electron chi connectivity index (χ4n) is 1.63. The quantitative estimate of drug-likeness (QED) is 0.818. The third-order valence-corrected chi connectivity index (χ3v) is 2.67. The second-order valence-electron chi connectivity index (χ2n) is 4.83. The van der Waals surface area contributed by atoms with Crippen molar-refractivity contribution in [2.75, 3.05) is 5.32 Å². The zero-order chi connectivity index (χ0) is 12.8. The first-order valence-electron chi connectivity index (χ1n) is 6.00. The molecule has 0 heterocycles. The third-order valence-electron chi connectivity index (χ3n) is 2.35. The number of carbonyl (C=O) groups excluding carboxylic acids is 1. The summed E-state index contributed by atoms with van der Waals surface area (Å²) in [7, 11) is 0. The summed E-state index contributed by atoms with van der Waals surface area (Å²) in [4.78, 5) is 12.0. The molecule has 2 nitrogen and oxygen atoms in total. The van der Waals surface area contributed by atoms with Crippen molar-refractivity contribution in [3.05, 3.63) is 29.8 Å². The molecule has 17 heavy (non-hydrogen) atoms. The van der Waals surface area contributed by atoms with Gasteiger partial charge in [-0.1, -0.05) is 48.8 Å². The molecule has 1 rings (SSSR count). The zero-order valence-electron chi connectivity index (χ0n) is 10.7. The maximum atomic E-state index is 11.6. The molecule has 0 saturated carbocycles. The molecule has 0 aliphatic carbocycles. The Morgan fingerprint density at radius 1 is 1.24 bits per heavy atom. The van der Waals surface area contributed by atoms with E-state index in [2.05, 4.69) is 40.3 Å². The SMILES string of the molecule is CC(C)CC(=O)Nc1ccc(CC(C)Br)cc1. The topological polar surface area (TPSA) is 29.1 Å². The number of hydrogen-bond acceptors (Lipinski definition) is 1. The van der Waals surface area contributed by atoms with Gasteiger partial charge in [0.15, 0.2) is 0 Å². The second kappa shape index (κ2) is 6.80. The van der Waals surface area contributed by atoms with Crippen LogP contribution in [0.15, 0.2) is 24.3 Å². The van der Waals surface area contributed by atoms with E-state index in [-0.39, 0.29) is 5.91 Å². The van der Waals surface area contributed by atoms with Crippen LogP contribution in [0.3, 0.4) is 0 Å². The van der Waals surface area contributed by atoms with E-state index in [4.69, 9.17) is 0 Å². The molecule has 0 spiro atoms. The first-order chi connectivity index (χ1) is 7.97. The Balaban J connectivity index is 2.53. The molecular weight excluding hydrogens is 278 g/mol. The van der Waals surface area contributed by atoms with Crippen LogP contribution in [0, 0.1) is 5.92 Å². The fraction of sp³-hybridized carbons (Fsp3) is 0.500. The molecule has 0 aliphatic rings. The van der Waals surface area contributed by atoms with Crippen molar-refractivity contribution in [3.63, 3.8) is 0 Å². The monoisotopic (exact) mass is 297 g/mol. The van der Waals surface area contributed by atoms with Crippen LogP contribution in [-0.4, -0.2) is 10.7 Å². The Kier molecular flexibility index (Phi) is 5.69. The fourth-order valence-corrected chi connectivity index (χ4v) is 2.01. The van der Waals surface area contributed by atoms with Gasteiger partial charge in [0.1, 0.15) is 0 Å². The maximum absolute atomic E-state index is 11.6. The molecule has 1 atom stereocenters. The lowest BCUT2D eigenvalue weighted by atomic mass is 10.1. The molecule has 1 aromatic rings. The van der Waals surface area contributed by atoms with Gasteiger partial charge in [-0.2, -0.15) is 0 Å². The van der Waals surface area contributed by atoms with Crippen LogP contribution in [0.25, 0.3) is 0 Å². The molecule has 1 N–H and O–H groups in total. The van der Waals surface area contributed by atoms with E-state index in [1.807, 2.05) is 26.0 Å². The first-order valence-corrected chi connectivity index (χ1v) is 6.92. The maximum Gasteiger partial charge on any atom is 0.224 e. The lowest BCUT2D eigenvalue weighted by molar-refractivity contribution is -0.116. The van der Waals surface area contributed by atoms with E-state index in [9.17, 15) is 4.79 Å². The molecule has 3 heteroatoms. The molecule has 0 aromatic heterocycles. The minimum absolute atomic E-state index is 0.0848. The Morgan fingerprint density at radius 3 is 2.29 bits per heavy atom. The van der Waals surface area contributed by atoms with Crippen molar-refractivity contribution < 1.29 is 4.79 Å². The summed E-state index contributed by atoms with van der Waals surface area (Å²) >= 11 is 3.53. The van der Waals surface area contributed by atoms with Crippen LogP contribution in [-0.2, 0) is 11.2 Å². The predicted molar refractivity (Wildman–Crippen MR) is 76.6 cm³/mol. The van der Waals surface area contributed by atoms with Gasteiger partial charge in [-0.05, 0) is 30.0 Å². The highest BCUT2D eigenvalue weighted by Gasteiger charge is 2.05. The Morgan fingerprint density at radius 2 is 1.82 bits per heavy atom. The predicted octanol–water partition coefficient (Wildman–Crippen LogP) is 4.00. The molecule has 0 aliphatic heterocycles. The van der Waals surface area contributed by atoms with Crippen LogP contribution < -0.4 is 5.32 Å². The van der Waals surface area contributed by atoms with Gasteiger partial charge >= 0.3 is 0 Å². The summed E-state index contributed by atoms with van der Waals surface area (Å²) in [5.41, 5.74) is 2.15. The lowest BCUT2D eigenvalue weighted by Crippen LogP contribution is -2.13. The normalized spacial score (nSPS) is 12.5. The van der Waals surface area contributed by atoms with Gasteiger partial charge in [0.2, 0.25) is 5.91 Å². The molecule has 0 radical (unpaired) electrons. The number of halogens is 1. The number of anilines is 1. The lowest BCUT2D eigenvalue weighted by Gasteiger charge is -2.08. The number of nitrogens with one attached hydrogen (secondary N) is 1. The van der Waals surface area contributed by atoms with Crippen LogP contribution in [0.4, 0.5) is 5.69 Å². The summed E-state index contributed by atoms with van der Waals surface area (Å²) in [5, 5.41) is 2.90. The molecule has 0 fully saturated rings. The number of alkyl halides is 1. The Hall–Kier alpha value is -0.830. The Labute approximate surface area is 112 Å². The average molecular weight is 298 g/mol. The van der Waals surface area contributed by atoms with Crippen LogP contribution in [0.1, 0.15) is 32.8 Å². The molecule has 0 saturated heterocycles.